The molecule has 0 aliphatic heterocycles. The van der Waals surface area contributed by atoms with E-state index in [0.29, 0.717) is 64.0 Å². The summed E-state index contributed by atoms with van der Waals surface area (Å²) in [5, 5.41) is 15.0. The summed E-state index contributed by atoms with van der Waals surface area (Å²) in [6, 6.07) is 102. The van der Waals surface area contributed by atoms with Gasteiger partial charge < -0.3 is 30.9 Å². The van der Waals surface area contributed by atoms with Gasteiger partial charge in [-0.3, -0.25) is 19.2 Å². The lowest BCUT2D eigenvalue weighted by atomic mass is 9.99. The third kappa shape index (κ3) is 22.9. The van der Waals surface area contributed by atoms with Crippen molar-refractivity contribution in [3.05, 3.63) is 348 Å². The highest BCUT2D eigenvalue weighted by molar-refractivity contribution is 7.02. The lowest BCUT2D eigenvalue weighted by molar-refractivity contribution is -0.125. The molecule has 0 saturated carbocycles. The van der Waals surface area contributed by atoms with Gasteiger partial charge in [-0.1, -0.05) is 329 Å². The predicted octanol–water partition coefficient (Wildman–Crippen LogP) is 13.6. The molecule has 4 atom stereocenters. The fraction of sp³-hybridized carbons (Fsp3) is 0.220. The van der Waals surface area contributed by atoms with Gasteiger partial charge in [-0.05, 0) is 82.3 Å². The fourth-order valence-corrected chi connectivity index (χ4v) is 20.1. The maximum atomic E-state index is 14.5. The molecule has 0 bridgehead atoms. The minimum atomic E-state index is -4.00. The Morgan fingerprint density at radius 2 is 0.426 bits per heavy atom. The molecule has 0 aliphatic rings. The van der Waals surface area contributed by atoms with Gasteiger partial charge in [0, 0.05) is 61.9 Å². The maximum absolute atomic E-state index is 14.5. The summed E-state index contributed by atoms with van der Waals surface area (Å²) in [6.45, 7) is 1.65. The molecule has 12 heteroatoms. The van der Waals surface area contributed by atoms with E-state index in [1.807, 2.05) is 218 Å². The number of benzene rings is 10. The van der Waals surface area contributed by atoms with Crippen LogP contribution in [0.2, 0.25) is 24.2 Å². The molecule has 0 aliphatic carbocycles. The first-order chi connectivity index (χ1) is 45.0. The van der Waals surface area contributed by atoms with E-state index in [0.717, 1.165) is 44.5 Å². The Kier molecular flexibility index (Phi) is 28.9. The number of hydrogen-bond donors (Lipinski definition) is 6. The monoisotopic (exact) mass is 1280 g/mol. The van der Waals surface area contributed by atoms with Crippen LogP contribution in [-0.4, -0.2) is 49.9 Å². The number of nitrogens with one attached hydrogen (secondary N) is 4. The quantitative estimate of drug-likeness (QED) is 0.0246. The van der Waals surface area contributed by atoms with Gasteiger partial charge in [0.2, 0.25) is 23.6 Å². The topological polar surface area (TPSA) is 157 Å². The Balaban J connectivity index is 0.000000267. The first kappa shape index (κ1) is 71.9. The average Bonchev–Trinajstić information content (AvgIpc) is 0.769. The number of hydrogen-bond acceptors (Lipinski definition) is 6. The lowest BCUT2D eigenvalue weighted by Crippen LogP contribution is -2.62. The zero-order valence-electron chi connectivity index (χ0n) is 52.2. The van der Waals surface area contributed by atoms with Crippen molar-refractivity contribution in [3.8, 4) is 0 Å². The molecule has 0 aromatic heterocycles. The summed E-state index contributed by atoms with van der Waals surface area (Å²) in [4.78, 5) is 78.5. The molecule has 0 fully saturated rings. The molecule has 10 rings (SSSR count). The van der Waals surface area contributed by atoms with E-state index in [2.05, 4.69) is 106 Å². The van der Waals surface area contributed by atoms with Crippen LogP contribution in [0.15, 0.2) is 303 Å². The molecule has 94 heavy (non-hydrogen) atoms. The summed E-state index contributed by atoms with van der Waals surface area (Å²) in [7, 11) is -6.85. The first-order valence-electron chi connectivity index (χ1n) is 31.9. The van der Waals surface area contributed by atoms with Crippen molar-refractivity contribution in [1.82, 2.24) is 21.3 Å². The maximum Gasteiger partial charge on any atom is 0.334 e. The summed E-state index contributed by atoms with van der Waals surface area (Å²) >= 11 is 0. The third-order valence-corrected chi connectivity index (χ3v) is 24.6. The van der Waals surface area contributed by atoms with Gasteiger partial charge in [-0.15, -0.1) is 0 Å². The molecule has 4 amide bonds. The number of rotatable bonds is 30. The Labute approximate surface area is 559 Å². The van der Waals surface area contributed by atoms with Crippen LogP contribution in [0, 0.1) is 23.7 Å². The van der Waals surface area contributed by atoms with Gasteiger partial charge in [0.1, 0.15) is 8.07 Å². The SMILES string of the molecule is C.C.O=C(NCc1ccccc1)[C@H](Cc1ccccc1)C[Si](C[C@@H](Cc1ccccc1)C(=O)NCc1ccccc1)(c1ccccc1)c1ccccc1.O=C(NCc1ccccc1)[C@H](Cc1ccccc1)C[Si](O)(O)C[C@@H](Cc1ccccc1)C(=O)NCc1ccccc1. The summed E-state index contributed by atoms with van der Waals surface area (Å²) in [6.07, 6.45) is 1.97. The highest BCUT2D eigenvalue weighted by atomic mass is 28.4. The predicted molar refractivity (Wildman–Crippen MR) is 388 cm³/mol. The second-order valence-corrected chi connectivity index (χ2v) is 30.9. The van der Waals surface area contributed by atoms with E-state index in [-0.39, 0.29) is 62.4 Å². The normalized spacial score (nSPS) is 12.3. The molecular weight excluding hydrogens is 1190 g/mol. The van der Waals surface area contributed by atoms with Crippen LogP contribution in [0.5, 0.6) is 0 Å². The molecule has 0 heterocycles. The first-order valence-corrected chi connectivity index (χ1v) is 36.7. The van der Waals surface area contributed by atoms with E-state index in [1.54, 1.807) is 0 Å². The zero-order valence-corrected chi connectivity index (χ0v) is 54.2. The summed E-state index contributed by atoms with van der Waals surface area (Å²) in [5.74, 6) is -2.29. The lowest BCUT2D eigenvalue weighted by Gasteiger charge is -2.38. The highest BCUT2D eigenvalue weighted by Gasteiger charge is 2.45. The minimum absolute atomic E-state index is 0. The van der Waals surface area contributed by atoms with Crippen molar-refractivity contribution in [2.24, 2.45) is 23.7 Å². The molecule has 10 aromatic rings. The average molecular weight is 1290 g/mol. The van der Waals surface area contributed by atoms with Crippen molar-refractivity contribution in [3.63, 3.8) is 0 Å². The van der Waals surface area contributed by atoms with E-state index < -0.39 is 28.5 Å². The van der Waals surface area contributed by atoms with Crippen LogP contribution in [0.3, 0.4) is 0 Å². The van der Waals surface area contributed by atoms with E-state index in [4.69, 9.17) is 0 Å². The molecular formula is C82H92N4O6Si2. The third-order valence-electron chi connectivity index (χ3n) is 17.0. The van der Waals surface area contributed by atoms with Crippen LogP contribution >= 0.6 is 0 Å². The molecule has 0 unspecified atom stereocenters. The van der Waals surface area contributed by atoms with Gasteiger partial charge in [-0.2, -0.15) is 0 Å². The fourth-order valence-electron chi connectivity index (χ4n) is 12.3. The Bertz CT molecular complexity index is 3520. The van der Waals surface area contributed by atoms with Crippen LogP contribution in [0.4, 0.5) is 0 Å². The molecule has 484 valence electrons. The smallest absolute Gasteiger partial charge is 0.334 e. The van der Waals surface area contributed by atoms with Crippen molar-refractivity contribution in [2.45, 2.75) is 90.9 Å². The van der Waals surface area contributed by atoms with Gasteiger partial charge in [0.25, 0.3) is 0 Å². The van der Waals surface area contributed by atoms with E-state index in [1.165, 1.54) is 10.4 Å². The van der Waals surface area contributed by atoms with Crippen molar-refractivity contribution in [2.75, 3.05) is 0 Å². The molecule has 0 saturated heterocycles. The second-order valence-electron chi connectivity index (χ2n) is 24.0. The van der Waals surface area contributed by atoms with Gasteiger partial charge in [-0.25, -0.2) is 0 Å². The molecule has 10 nitrogen and oxygen atoms in total. The Morgan fingerprint density at radius 3 is 0.628 bits per heavy atom. The Morgan fingerprint density at radius 1 is 0.255 bits per heavy atom. The highest BCUT2D eigenvalue weighted by Crippen LogP contribution is 2.32. The van der Waals surface area contributed by atoms with Crippen molar-refractivity contribution in [1.29, 1.82) is 0 Å². The standard InChI is InChI=1S/C46H46N2O2Si.C34H38N2O4Si.2CH4/c49-45(47-33-39-23-11-3-12-24-39)41(31-37-19-7-1-8-20-37)35-51(43-27-15-5-16-28-43,44-29-17-6-18-30-44)36-42(32-38-21-9-2-10-22-38)46(50)48-34-40-25-13-4-14-26-40;37-33(35-23-29-17-9-3-10-18-29)31(21-27-13-5-1-6-14-27)25-41(39,40)26-32(22-28-15-7-2-8-16-28)34(38)36-24-30-19-11-4-12-20-30;;/h1-30,41-42H,31-36H2,(H,47,49)(H,48,50);1-20,31-32,39-40H,21-26H2,(H,35,37)(H,36,38);2*1H4/t41-,42-;31-,32-;;/m11../s1. The zero-order chi connectivity index (χ0) is 64.1. The molecule has 10 aromatic carbocycles. The number of carbonyl (C=O) groups is 4. The molecule has 0 radical (unpaired) electrons. The summed E-state index contributed by atoms with van der Waals surface area (Å²) in [5.41, 5.74) is 8.21. The minimum Gasteiger partial charge on any atom is -0.411 e. The Hall–Kier alpha value is -9.57. The van der Waals surface area contributed by atoms with Crippen LogP contribution < -0.4 is 31.6 Å². The molecule has 0 spiro atoms. The number of amides is 4. The van der Waals surface area contributed by atoms with Gasteiger partial charge in [0.15, 0.2) is 0 Å². The number of carbonyl (C=O) groups excluding carboxylic acids is 4. The van der Waals surface area contributed by atoms with Crippen molar-refractivity contribution >= 4 is 50.6 Å². The van der Waals surface area contributed by atoms with Crippen LogP contribution in [0.25, 0.3) is 0 Å². The van der Waals surface area contributed by atoms with Gasteiger partial charge >= 0.3 is 8.56 Å². The van der Waals surface area contributed by atoms with Gasteiger partial charge in [0.05, 0.1) is 0 Å². The van der Waals surface area contributed by atoms with Crippen molar-refractivity contribution < 1.29 is 28.8 Å². The summed E-state index contributed by atoms with van der Waals surface area (Å²) < 4.78 is 0. The van der Waals surface area contributed by atoms with E-state index in [9.17, 15) is 28.8 Å². The van der Waals surface area contributed by atoms with Crippen LogP contribution in [-0.2, 0) is 71.0 Å². The van der Waals surface area contributed by atoms with Crippen LogP contribution in [0.1, 0.15) is 59.4 Å². The second kappa shape index (κ2) is 37.8. The van der Waals surface area contributed by atoms with E-state index >= 15 is 0 Å². The largest absolute Gasteiger partial charge is 0.411 e. The molecule has 6 N–H and O–H groups in total.